The predicted octanol–water partition coefficient (Wildman–Crippen LogP) is 4.30. The molecule has 2 aromatic heterocycles. The predicted molar refractivity (Wildman–Crippen MR) is 118 cm³/mol. The number of ether oxygens (including phenoxy) is 1. The Labute approximate surface area is 180 Å². The van der Waals surface area contributed by atoms with Gasteiger partial charge >= 0.3 is 6.09 Å². The summed E-state index contributed by atoms with van der Waals surface area (Å²) >= 11 is 5.86. The normalized spacial score (nSPS) is 12.4. The number of hydrogen-bond donors (Lipinski definition) is 2. The van der Waals surface area contributed by atoms with E-state index < -0.39 is 23.6 Å². The molecule has 30 heavy (non-hydrogen) atoms. The van der Waals surface area contributed by atoms with Crippen molar-refractivity contribution in [2.24, 2.45) is 7.05 Å². The first-order chi connectivity index (χ1) is 14.1. The van der Waals surface area contributed by atoms with Crippen LogP contribution in [0, 0.1) is 0 Å². The third-order valence-corrected chi connectivity index (χ3v) is 4.61. The maximum absolute atomic E-state index is 13.0. The highest BCUT2D eigenvalue weighted by Crippen LogP contribution is 2.22. The van der Waals surface area contributed by atoms with E-state index in [-0.39, 0.29) is 0 Å². The maximum atomic E-state index is 13.0. The van der Waals surface area contributed by atoms with Crippen LogP contribution in [0.5, 0.6) is 0 Å². The molecule has 3 rings (SSSR count). The van der Waals surface area contributed by atoms with Crippen LogP contribution in [0.25, 0.3) is 10.9 Å². The SMILES string of the molecule is Cn1cc(CC(NC(=O)OC(C)(C)C)C(=O)Nc2ccc(Cl)cn2)c2ccccc21. The highest BCUT2D eigenvalue weighted by Gasteiger charge is 2.26. The average Bonchev–Trinajstić information content (AvgIpc) is 2.97. The number of anilines is 1. The van der Waals surface area contributed by atoms with Gasteiger partial charge in [-0.15, -0.1) is 0 Å². The molecule has 7 nitrogen and oxygen atoms in total. The lowest BCUT2D eigenvalue weighted by molar-refractivity contribution is -0.118. The highest BCUT2D eigenvalue weighted by atomic mass is 35.5. The van der Waals surface area contributed by atoms with E-state index in [1.165, 1.54) is 6.20 Å². The maximum Gasteiger partial charge on any atom is 0.408 e. The van der Waals surface area contributed by atoms with Crippen LogP contribution in [0.3, 0.4) is 0 Å². The Morgan fingerprint density at radius 3 is 2.60 bits per heavy atom. The number of nitrogens with one attached hydrogen (secondary N) is 2. The molecule has 0 saturated carbocycles. The summed E-state index contributed by atoms with van der Waals surface area (Å²) in [5.74, 6) is -0.0538. The number of carbonyl (C=O) groups excluding carboxylic acids is 2. The molecule has 1 aromatic carbocycles. The number of carbonyl (C=O) groups is 2. The zero-order valence-corrected chi connectivity index (χ0v) is 18.2. The number of aromatic nitrogens is 2. The van der Waals surface area contributed by atoms with E-state index in [4.69, 9.17) is 16.3 Å². The Kier molecular flexibility index (Phi) is 6.31. The molecule has 0 aliphatic heterocycles. The summed E-state index contributed by atoms with van der Waals surface area (Å²) < 4.78 is 7.34. The van der Waals surface area contributed by atoms with E-state index in [9.17, 15) is 9.59 Å². The van der Waals surface area contributed by atoms with Gasteiger partial charge in [-0.2, -0.15) is 0 Å². The first-order valence-corrected chi connectivity index (χ1v) is 9.95. The number of rotatable bonds is 5. The number of nitrogens with zero attached hydrogens (tertiary/aromatic N) is 2. The van der Waals surface area contributed by atoms with Gasteiger partial charge in [0.2, 0.25) is 5.91 Å². The highest BCUT2D eigenvalue weighted by molar-refractivity contribution is 6.30. The number of pyridine rings is 1. The zero-order valence-electron chi connectivity index (χ0n) is 17.4. The van der Waals surface area contributed by atoms with Crippen LogP contribution >= 0.6 is 11.6 Å². The van der Waals surface area contributed by atoms with Crippen LogP contribution in [-0.4, -0.2) is 33.2 Å². The number of para-hydroxylation sites is 1. The summed E-state index contributed by atoms with van der Waals surface area (Å²) in [6, 6.07) is 10.3. The largest absolute Gasteiger partial charge is 0.444 e. The van der Waals surface area contributed by atoms with Gasteiger partial charge in [0, 0.05) is 36.8 Å². The number of halogens is 1. The van der Waals surface area contributed by atoms with Crippen molar-refractivity contribution < 1.29 is 14.3 Å². The van der Waals surface area contributed by atoms with Crippen LogP contribution in [-0.2, 0) is 23.0 Å². The monoisotopic (exact) mass is 428 g/mol. The van der Waals surface area contributed by atoms with Gasteiger partial charge in [-0.3, -0.25) is 4.79 Å². The summed E-state index contributed by atoms with van der Waals surface area (Å²) in [6.45, 7) is 5.30. The molecule has 8 heteroatoms. The van der Waals surface area contributed by atoms with Gasteiger partial charge < -0.3 is 19.9 Å². The zero-order chi connectivity index (χ0) is 21.9. The summed E-state index contributed by atoms with van der Waals surface area (Å²) in [5.41, 5.74) is 1.30. The Morgan fingerprint density at radius 1 is 1.20 bits per heavy atom. The fourth-order valence-corrected chi connectivity index (χ4v) is 3.24. The van der Waals surface area contributed by atoms with Crippen molar-refractivity contribution in [3.05, 3.63) is 59.4 Å². The van der Waals surface area contributed by atoms with Crippen molar-refractivity contribution in [2.45, 2.75) is 38.8 Å². The smallest absolute Gasteiger partial charge is 0.408 e. The molecule has 0 fully saturated rings. The van der Waals surface area contributed by atoms with Crippen molar-refractivity contribution in [1.29, 1.82) is 0 Å². The van der Waals surface area contributed by atoms with E-state index in [0.717, 1.165) is 16.5 Å². The minimum atomic E-state index is -0.858. The number of fused-ring (bicyclic) bond motifs is 1. The molecule has 1 unspecified atom stereocenters. The van der Waals surface area contributed by atoms with Crippen LogP contribution < -0.4 is 10.6 Å². The Balaban J connectivity index is 1.85. The van der Waals surface area contributed by atoms with E-state index in [2.05, 4.69) is 15.6 Å². The average molecular weight is 429 g/mol. The molecule has 2 amide bonds. The molecule has 158 valence electrons. The lowest BCUT2D eigenvalue weighted by Crippen LogP contribution is -2.47. The molecule has 2 heterocycles. The van der Waals surface area contributed by atoms with Gasteiger partial charge in [0.05, 0.1) is 5.02 Å². The topological polar surface area (TPSA) is 85.2 Å². The van der Waals surface area contributed by atoms with Gasteiger partial charge in [-0.1, -0.05) is 29.8 Å². The van der Waals surface area contributed by atoms with Gasteiger partial charge in [0.1, 0.15) is 17.5 Å². The quantitative estimate of drug-likeness (QED) is 0.634. The first-order valence-electron chi connectivity index (χ1n) is 9.57. The van der Waals surface area contributed by atoms with Gasteiger partial charge in [0.25, 0.3) is 0 Å². The molecule has 0 radical (unpaired) electrons. The second kappa shape index (κ2) is 8.75. The molecular weight excluding hydrogens is 404 g/mol. The number of amides is 2. The molecule has 0 bridgehead atoms. The molecule has 0 saturated heterocycles. The van der Waals surface area contributed by atoms with Gasteiger partial charge in [0.15, 0.2) is 0 Å². The van der Waals surface area contributed by atoms with Crippen LogP contribution in [0.4, 0.5) is 10.6 Å². The molecule has 0 spiro atoms. The third kappa shape index (κ3) is 5.51. The van der Waals surface area contributed by atoms with Gasteiger partial charge in [-0.25, -0.2) is 9.78 Å². The third-order valence-electron chi connectivity index (χ3n) is 4.39. The first kappa shape index (κ1) is 21.6. The van der Waals surface area contributed by atoms with E-state index in [1.54, 1.807) is 32.9 Å². The standard InChI is InChI=1S/C22H25ClN4O3/c1-22(2,3)30-21(29)25-17(20(28)26-19-10-9-15(23)12-24-19)11-14-13-27(4)18-8-6-5-7-16(14)18/h5-10,12-13,17H,11H2,1-4H3,(H,25,29)(H,24,26,28). The number of benzene rings is 1. The van der Waals surface area contributed by atoms with Crippen molar-refractivity contribution in [3.63, 3.8) is 0 Å². The van der Waals surface area contributed by atoms with Crippen LogP contribution in [0.15, 0.2) is 48.8 Å². The molecule has 2 N–H and O–H groups in total. The van der Waals surface area contributed by atoms with E-state index >= 15 is 0 Å². The summed E-state index contributed by atoms with van der Waals surface area (Å²) in [4.78, 5) is 29.5. The molecule has 0 aliphatic carbocycles. The molecule has 1 atom stereocenters. The molecule has 3 aromatic rings. The number of hydrogen-bond acceptors (Lipinski definition) is 4. The number of alkyl carbamates (subject to hydrolysis) is 1. The minimum absolute atomic E-state index is 0.292. The Bertz CT molecular complexity index is 1050. The van der Waals surface area contributed by atoms with E-state index in [0.29, 0.717) is 17.3 Å². The summed E-state index contributed by atoms with van der Waals surface area (Å²) in [5, 5.41) is 6.90. The lowest BCUT2D eigenvalue weighted by Gasteiger charge is -2.23. The summed E-state index contributed by atoms with van der Waals surface area (Å²) in [6.07, 6.45) is 3.03. The van der Waals surface area contributed by atoms with Crippen LogP contribution in [0.2, 0.25) is 5.02 Å². The fourth-order valence-electron chi connectivity index (χ4n) is 3.13. The molecular formula is C22H25ClN4O3. The van der Waals surface area contributed by atoms with Crippen molar-refractivity contribution >= 4 is 40.3 Å². The second-order valence-corrected chi connectivity index (χ2v) is 8.47. The summed E-state index contributed by atoms with van der Waals surface area (Å²) in [7, 11) is 1.94. The van der Waals surface area contributed by atoms with Gasteiger partial charge in [-0.05, 0) is 44.5 Å². The van der Waals surface area contributed by atoms with E-state index in [1.807, 2.05) is 42.1 Å². The second-order valence-electron chi connectivity index (χ2n) is 8.04. The van der Waals surface area contributed by atoms with Crippen molar-refractivity contribution in [2.75, 3.05) is 5.32 Å². The molecule has 0 aliphatic rings. The fraction of sp³-hybridized carbons (Fsp3) is 0.318. The lowest BCUT2D eigenvalue weighted by atomic mass is 10.0. The van der Waals surface area contributed by atoms with Crippen molar-refractivity contribution in [1.82, 2.24) is 14.9 Å². The van der Waals surface area contributed by atoms with Crippen LogP contribution in [0.1, 0.15) is 26.3 Å². The Morgan fingerprint density at radius 2 is 1.93 bits per heavy atom. The number of aryl methyl sites for hydroxylation is 1. The Hall–Kier alpha value is -3.06. The minimum Gasteiger partial charge on any atom is -0.444 e. The van der Waals surface area contributed by atoms with Crippen molar-refractivity contribution in [3.8, 4) is 0 Å².